The fraction of sp³-hybridized carbons (Fsp3) is 0.500. The lowest BCUT2D eigenvalue weighted by molar-refractivity contribution is 0.349. The van der Waals surface area contributed by atoms with Gasteiger partial charge in [-0.2, -0.15) is 0 Å². The van der Waals surface area contributed by atoms with E-state index in [2.05, 4.69) is 19.2 Å². The largest absolute Gasteiger partial charge is 0.508 e. The Morgan fingerprint density at radius 1 is 1.21 bits per heavy atom. The molecule has 1 aromatic carbocycles. The Hall–Kier alpha value is -1.02. The van der Waals surface area contributed by atoms with Crippen molar-refractivity contribution in [1.29, 1.82) is 0 Å². The van der Waals surface area contributed by atoms with E-state index in [1.54, 1.807) is 12.1 Å². The van der Waals surface area contributed by atoms with Crippen LogP contribution in [0, 0.1) is 5.41 Å². The molecule has 2 nitrogen and oxygen atoms in total. The summed E-state index contributed by atoms with van der Waals surface area (Å²) in [6.07, 6.45) is 1.02. The number of rotatable bonds is 4. The van der Waals surface area contributed by atoms with Crippen molar-refractivity contribution in [2.24, 2.45) is 5.41 Å². The molecule has 0 amide bonds. The van der Waals surface area contributed by atoms with E-state index in [0.29, 0.717) is 5.75 Å². The van der Waals surface area contributed by atoms with Gasteiger partial charge in [0.05, 0.1) is 0 Å². The highest BCUT2D eigenvalue weighted by atomic mass is 16.3. The minimum absolute atomic E-state index is 0.256. The molecule has 0 radical (unpaired) electrons. The van der Waals surface area contributed by atoms with Gasteiger partial charge in [-0.05, 0) is 36.6 Å². The van der Waals surface area contributed by atoms with Gasteiger partial charge in [0.15, 0.2) is 0 Å². The van der Waals surface area contributed by atoms with E-state index in [1.807, 2.05) is 19.2 Å². The van der Waals surface area contributed by atoms with Crippen LogP contribution >= 0.6 is 0 Å². The minimum Gasteiger partial charge on any atom is -0.508 e. The predicted octanol–water partition coefficient (Wildman–Crippen LogP) is 2.18. The van der Waals surface area contributed by atoms with Crippen LogP contribution in [0.5, 0.6) is 5.75 Å². The lowest BCUT2D eigenvalue weighted by atomic mass is 9.86. The van der Waals surface area contributed by atoms with Crippen LogP contribution in [0.25, 0.3) is 0 Å². The zero-order chi connectivity index (χ0) is 10.6. The summed E-state index contributed by atoms with van der Waals surface area (Å²) in [5, 5.41) is 12.3. The molecule has 0 aliphatic rings. The van der Waals surface area contributed by atoms with Gasteiger partial charge in [-0.1, -0.05) is 26.0 Å². The summed E-state index contributed by atoms with van der Waals surface area (Å²) in [6, 6.07) is 7.44. The first kappa shape index (κ1) is 11.1. The molecule has 0 heterocycles. The second-order valence-corrected chi connectivity index (χ2v) is 4.54. The maximum Gasteiger partial charge on any atom is 0.115 e. The van der Waals surface area contributed by atoms with Gasteiger partial charge >= 0.3 is 0 Å². The zero-order valence-electron chi connectivity index (χ0n) is 9.17. The van der Waals surface area contributed by atoms with Crippen molar-refractivity contribution in [2.45, 2.75) is 20.3 Å². The van der Waals surface area contributed by atoms with Crippen molar-refractivity contribution in [3.8, 4) is 5.75 Å². The SMILES string of the molecule is CNCC(C)(C)Cc1ccc(O)cc1. The highest BCUT2D eigenvalue weighted by molar-refractivity contribution is 5.26. The Balaban J connectivity index is 2.64. The molecule has 0 bridgehead atoms. The average molecular weight is 193 g/mol. The molecular formula is C12H19NO. The molecule has 0 unspecified atom stereocenters. The van der Waals surface area contributed by atoms with Crippen LogP contribution < -0.4 is 5.32 Å². The fourth-order valence-corrected chi connectivity index (χ4v) is 1.71. The number of nitrogens with one attached hydrogen (secondary N) is 1. The number of phenolic OH excluding ortho intramolecular Hbond substituents is 1. The van der Waals surface area contributed by atoms with Crippen molar-refractivity contribution in [3.63, 3.8) is 0 Å². The summed E-state index contributed by atoms with van der Waals surface area (Å²) in [6.45, 7) is 5.46. The normalized spacial score (nSPS) is 11.6. The average Bonchev–Trinajstić information content (AvgIpc) is 2.08. The third-order valence-electron chi connectivity index (χ3n) is 2.27. The molecule has 0 aromatic heterocycles. The maximum absolute atomic E-state index is 9.15. The lowest BCUT2D eigenvalue weighted by Gasteiger charge is -2.24. The highest BCUT2D eigenvalue weighted by Gasteiger charge is 2.16. The van der Waals surface area contributed by atoms with Crippen LogP contribution in [-0.4, -0.2) is 18.7 Å². The Labute approximate surface area is 86.0 Å². The quantitative estimate of drug-likeness (QED) is 0.768. The van der Waals surface area contributed by atoms with Gasteiger partial charge < -0.3 is 10.4 Å². The van der Waals surface area contributed by atoms with E-state index in [1.165, 1.54) is 5.56 Å². The highest BCUT2D eigenvalue weighted by Crippen LogP contribution is 2.21. The molecule has 0 atom stereocenters. The smallest absolute Gasteiger partial charge is 0.115 e. The van der Waals surface area contributed by atoms with E-state index < -0.39 is 0 Å². The van der Waals surface area contributed by atoms with Crippen LogP contribution in [0.3, 0.4) is 0 Å². The third-order valence-corrected chi connectivity index (χ3v) is 2.27. The van der Waals surface area contributed by atoms with Crippen LogP contribution in [0.1, 0.15) is 19.4 Å². The van der Waals surface area contributed by atoms with Crippen LogP contribution in [-0.2, 0) is 6.42 Å². The second kappa shape index (κ2) is 4.47. The topological polar surface area (TPSA) is 32.3 Å². The molecule has 14 heavy (non-hydrogen) atoms. The van der Waals surface area contributed by atoms with E-state index in [-0.39, 0.29) is 5.41 Å². The molecule has 1 aromatic rings. The summed E-state index contributed by atoms with van der Waals surface area (Å²) in [5.74, 6) is 0.333. The number of benzene rings is 1. The summed E-state index contributed by atoms with van der Waals surface area (Å²) in [5.41, 5.74) is 1.52. The zero-order valence-corrected chi connectivity index (χ0v) is 9.17. The van der Waals surface area contributed by atoms with E-state index in [0.717, 1.165) is 13.0 Å². The molecule has 0 aliphatic heterocycles. The van der Waals surface area contributed by atoms with Gasteiger partial charge in [0.25, 0.3) is 0 Å². The molecular weight excluding hydrogens is 174 g/mol. The first-order valence-corrected chi connectivity index (χ1v) is 4.96. The lowest BCUT2D eigenvalue weighted by Crippen LogP contribution is -2.28. The predicted molar refractivity (Wildman–Crippen MR) is 59.5 cm³/mol. The second-order valence-electron chi connectivity index (χ2n) is 4.54. The van der Waals surface area contributed by atoms with Crippen molar-refractivity contribution >= 4 is 0 Å². The number of aromatic hydroxyl groups is 1. The van der Waals surface area contributed by atoms with Gasteiger partial charge in [0.2, 0.25) is 0 Å². The molecule has 2 heteroatoms. The maximum atomic E-state index is 9.15. The molecule has 0 spiro atoms. The Bertz CT molecular complexity index is 277. The Kier molecular flexibility index (Phi) is 3.53. The van der Waals surface area contributed by atoms with Gasteiger partial charge in [-0.3, -0.25) is 0 Å². The number of phenols is 1. The summed E-state index contributed by atoms with van der Waals surface area (Å²) >= 11 is 0. The summed E-state index contributed by atoms with van der Waals surface area (Å²) in [4.78, 5) is 0. The first-order chi connectivity index (χ1) is 6.53. The Morgan fingerprint density at radius 3 is 2.29 bits per heavy atom. The van der Waals surface area contributed by atoms with Crippen LogP contribution in [0.15, 0.2) is 24.3 Å². The monoisotopic (exact) mass is 193 g/mol. The van der Waals surface area contributed by atoms with Crippen LogP contribution in [0.2, 0.25) is 0 Å². The van der Waals surface area contributed by atoms with Crippen LogP contribution in [0.4, 0.5) is 0 Å². The van der Waals surface area contributed by atoms with Gasteiger partial charge in [-0.15, -0.1) is 0 Å². The summed E-state index contributed by atoms with van der Waals surface area (Å²) in [7, 11) is 1.97. The van der Waals surface area contributed by atoms with Crippen molar-refractivity contribution < 1.29 is 5.11 Å². The molecule has 0 saturated heterocycles. The standard InChI is InChI=1S/C12H19NO/c1-12(2,9-13-3)8-10-4-6-11(14)7-5-10/h4-7,13-14H,8-9H2,1-3H3. The number of hydrogen-bond acceptors (Lipinski definition) is 2. The van der Waals surface area contributed by atoms with Gasteiger partial charge in [0, 0.05) is 6.54 Å². The van der Waals surface area contributed by atoms with Gasteiger partial charge in [-0.25, -0.2) is 0 Å². The van der Waals surface area contributed by atoms with Crippen molar-refractivity contribution in [1.82, 2.24) is 5.32 Å². The fourth-order valence-electron chi connectivity index (χ4n) is 1.71. The summed E-state index contributed by atoms with van der Waals surface area (Å²) < 4.78 is 0. The van der Waals surface area contributed by atoms with E-state index >= 15 is 0 Å². The van der Waals surface area contributed by atoms with Crippen molar-refractivity contribution in [3.05, 3.63) is 29.8 Å². The molecule has 1 rings (SSSR count). The molecule has 0 saturated carbocycles. The van der Waals surface area contributed by atoms with E-state index in [4.69, 9.17) is 5.11 Å². The molecule has 0 aliphatic carbocycles. The van der Waals surface area contributed by atoms with E-state index in [9.17, 15) is 0 Å². The number of hydrogen-bond donors (Lipinski definition) is 2. The minimum atomic E-state index is 0.256. The first-order valence-electron chi connectivity index (χ1n) is 4.96. The van der Waals surface area contributed by atoms with Gasteiger partial charge in [0.1, 0.15) is 5.75 Å². The van der Waals surface area contributed by atoms with Crippen molar-refractivity contribution in [2.75, 3.05) is 13.6 Å². The molecule has 2 N–H and O–H groups in total. The molecule has 78 valence electrons. The molecule has 0 fully saturated rings. The third kappa shape index (κ3) is 3.38. The Morgan fingerprint density at radius 2 is 1.79 bits per heavy atom.